The Morgan fingerprint density at radius 2 is 2.00 bits per heavy atom. The van der Waals surface area contributed by atoms with Gasteiger partial charge in [-0.05, 0) is 31.4 Å². The summed E-state index contributed by atoms with van der Waals surface area (Å²) in [5.41, 5.74) is 0.0880. The fraction of sp³-hybridized carbons (Fsp3) is 0.536. The molecule has 3 amide bonds. The van der Waals surface area contributed by atoms with Crippen LogP contribution in [-0.4, -0.2) is 88.0 Å². The van der Waals surface area contributed by atoms with Crippen LogP contribution in [0.5, 0.6) is 0 Å². The molecule has 38 heavy (non-hydrogen) atoms. The fourth-order valence-corrected chi connectivity index (χ4v) is 7.77. The third kappa shape index (κ3) is 4.31. The van der Waals surface area contributed by atoms with Gasteiger partial charge in [0, 0.05) is 25.0 Å². The van der Waals surface area contributed by atoms with Gasteiger partial charge in [0.1, 0.15) is 11.6 Å². The molecule has 0 aliphatic carbocycles. The number of likely N-dealkylation sites (tertiary alicyclic amines) is 1. The molecule has 3 fully saturated rings. The van der Waals surface area contributed by atoms with Gasteiger partial charge in [0.2, 0.25) is 11.8 Å². The lowest BCUT2D eigenvalue weighted by Gasteiger charge is -2.39. The third-order valence-corrected chi connectivity index (χ3v) is 9.29. The summed E-state index contributed by atoms with van der Waals surface area (Å²) in [4.78, 5) is 46.8. The van der Waals surface area contributed by atoms with Crippen molar-refractivity contribution in [1.29, 1.82) is 0 Å². The van der Waals surface area contributed by atoms with Crippen LogP contribution in [0.3, 0.4) is 0 Å². The number of likely N-dealkylation sites (N-methyl/N-ethyl adjacent to an activating group) is 1. The summed E-state index contributed by atoms with van der Waals surface area (Å²) in [7, 11) is 1.67. The van der Waals surface area contributed by atoms with Crippen molar-refractivity contribution in [2.45, 2.75) is 55.3 Å². The molecule has 0 aromatic heterocycles. The van der Waals surface area contributed by atoms with E-state index in [1.54, 1.807) is 25.3 Å². The number of ether oxygens (including phenoxy) is 1. The Labute approximate surface area is 237 Å². The van der Waals surface area contributed by atoms with E-state index in [9.17, 15) is 19.5 Å². The summed E-state index contributed by atoms with van der Waals surface area (Å²) in [6.45, 7) is 11.4. The van der Waals surface area contributed by atoms with Crippen LogP contribution in [0.2, 0.25) is 5.02 Å². The molecule has 3 heterocycles. The number of para-hydroxylation sites is 1. The first-order valence-corrected chi connectivity index (χ1v) is 14.2. The molecule has 1 aromatic rings. The number of aryl methyl sites for hydroxylation is 1. The highest BCUT2D eigenvalue weighted by Crippen LogP contribution is 2.61. The number of carbonyl (C=O) groups excluding carboxylic acids is 3. The number of alkyl halides is 1. The second-order valence-electron chi connectivity index (χ2n) is 10.3. The van der Waals surface area contributed by atoms with Gasteiger partial charge in [-0.15, -0.1) is 13.2 Å². The van der Waals surface area contributed by atoms with E-state index in [1.807, 2.05) is 26.0 Å². The van der Waals surface area contributed by atoms with Gasteiger partial charge in [-0.25, -0.2) is 0 Å². The van der Waals surface area contributed by atoms with E-state index in [-0.39, 0.29) is 35.7 Å². The lowest BCUT2D eigenvalue weighted by atomic mass is 9.70. The van der Waals surface area contributed by atoms with Crippen LogP contribution in [0, 0.1) is 18.8 Å². The maximum Gasteiger partial charge on any atom is 0.253 e. The molecule has 1 aromatic carbocycles. The summed E-state index contributed by atoms with van der Waals surface area (Å²) in [6.07, 6.45) is 3.47. The number of hydrogen-bond donors (Lipinski definition) is 1. The summed E-state index contributed by atoms with van der Waals surface area (Å²) in [6, 6.07) is 3.71. The highest BCUT2D eigenvalue weighted by Gasteiger charge is 2.77. The predicted molar refractivity (Wildman–Crippen MR) is 150 cm³/mol. The number of carbonyl (C=O) groups is 3. The van der Waals surface area contributed by atoms with Gasteiger partial charge in [-0.1, -0.05) is 58.7 Å². The number of hydrogen-bond acceptors (Lipinski definition) is 5. The van der Waals surface area contributed by atoms with E-state index in [4.69, 9.17) is 16.3 Å². The van der Waals surface area contributed by atoms with Crippen LogP contribution >= 0.6 is 27.5 Å². The summed E-state index contributed by atoms with van der Waals surface area (Å²) in [5.74, 6) is -2.57. The van der Waals surface area contributed by atoms with Crippen molar-refractivity contribution in [2.24, 2.45) is 11.8 Å². The number of rotatable bonds is 10. The second-order valence-corrected chi connectivity index (χ2v) is 11.9. The largest absolute Gasteiger partial charge is 0.394 e. The van der Waals surface area contributed by atoms with Crippen LogP contribution < -0.4 is 4.90 Å². The predicted octanol–water partition coefficient (Wildman–Crippen LogP) is 3.33. The van der Waals surface area contributed by atoms with Crippen molar-refractivity contribution in [1.82, 2.24) is 9.80 Å². The van der Waals surface area contributed by atoms with Crippen molar-refractivity contribution >= 4 is 50.9 Å². The number of aliphatic hydroxyl groups is 1. The van der Waals surface area contributed by atoms with Crippen LogP contribution in [0.4, 0.5) is 5.69 Å². The number of anilines is 1. The molecule has 7 atom stereocenters. The summed E-state index contributed by atoms with van der Waals surface area (Å²) < 4.78 is 6.59. The first kappa shape index (κ1) is 28.8. The van der Waals surface area contributed by atoms with E-state index >= 15 is 0 Å². The van der Waals surface area contributed by atoms with Gasteiger partial charge in [0.25, 0.3) is 5.91 Å². The molecule has 3 unspecified atom stereocenters. The van der Waals surface area contributed by atoms with Crippen LogP contribution in [0.1, 0.15) is 25.3 Å². The summed E-state index contributed by atoms with van der Waals surface area (Å²) in [5, 5.41) is 10.7. The molecule has 3 saturated heterocycles. The standard InChI is InChI=1S/C28H35BrClN3O5/c1-6-12-31(5)25(35)20-21-26(36)33(17(8-3)15-34)24(28(21)14-18(29)23(20)38-28)27(37)32(13-7-2)22-16(4)10-9-11-19(22)30/h6-7,9-11,17-18,20-21,23-24,34H,1-2,8,12-15H2,3-5H3/t17-,18?,20+,21-,23+,24?,28?/m0/s1. The minimum absolute atomic E-state index is 0.157. The molecule has 3 aliphatic rings. The average Bonchev–Trinajstić information content (AvgIpc) is 3.47. The van der Waals surface area contributed by atoms with Gasteiger partial charge >= 0.3 is 0 Å². The van der Waals surface area contributed by atoms with Gasteiger partial charge < -0.3 is 24.5 Å². The van der Waals surface area contributed by atoms with Crippen molar-refractivity contribution < 1.29 is 24.2 Å². The molecule has 1 spiro atoms. The Balaban J connectivity index is 1.87. The number of benzene rings is 1. The number of halogens is 2. The lowest BCUT2D eigenvalue weighted by Crippen LogP contribution is -2.59. The smallest absolute Gasteiger partial charge is 0.253 e. The van der Waals surface area contributed by atoms with Crippen molar-refractivity contribution in [2.75, 3.05) is 31.6 Å². The topological polar surface area (TPSA) is 90.4 Å². The van der Waals surface area contributed by atoms with E-state index in [0.717, 1.165) is 5.56 Å². The van der Waals surface area contributed by atoms with Gasteiger partial charge in [-0.2, -0.15) is 0 Å². The van der Waals surface area contributed by atoms with Crippen molar-refractivity contribution in [3.63, 3.8) is 0 Å². The average molecular weight is 609 g/mol. The molecule has 206 valence electrons. The molecule has 3 aliphatic heterocycles. The molecule has 0 radical (unpaired) electrons. The molecule has 0 saturated carbocycles. The number of nitrogens with zero attached hydrogens (tertiary/aromatic N) is 3. The molecular formula is C28H35BrClN3O5. The minimum Gasteiger partial charge on any atom is -0.394 e. The van der Waals surface area contributed by atoms with E-state index < -0.39 is 35.6 Å². The lowest BCUT2D eigenvalue weighted by molar-refractivity contribution is -0.146. The van der Waals surface area contributed by atoms with E-state index in [0.29, 0.717) is 30.1 Å². The highest BCUT2D eigenvalue weighted by molar-refractivity contribution is 9.09. The molecular weight excluding hydrogens is 574 g/mol. The molecule has 8 nitrogen and oxygen atoms in total. The van der Waals surface area contributed by atoms with E-state index in [2.05, 4.69) is 29.1 Å². The Morgan fingerprint density at radius 3 is 2.58 bits per heavy atom. The molecule has 2 bridgehead atoms. The Hall–Kier alpha value is -2.20. The molecule has 4 rings (SSSR count). The van der Waals surface area contributed by atoms with Crippen LogP contribution in [-0.2, 0) is 19.1 Å². The Kier molecular flexibility index (Phi) is 8.43. The minimum atomic E-state index is -1.24. The third-order valence-electron chi connectivity index (χ3n) is 8.14. The normalized spacial score (nSPS) is 30.2. The second kappa shape index (κ2) is 11.1. The zero-order valence-corrected chi connectivity index (χ0v) is 24.3. The SMILES string of the molecule is C=CCN(C)C(=O)[C@H]1[C@@H]2OC3(CC2Br)C(C(=O)N(CC=C)c2c(C)cccc2Cl)N([C@@H](CC)CO)C(=O)[C@H]13. The van der Waals surface area contributed by atoms with Crippen LogP contribution in [0.25, 0.3) is 0 Å². The first-order valence-electron chi connectivity index (χ1n) is 12.9. The Morgan fingerprint density at radius 1 is 1.32 bits per heavy atom. The fourth-order valence-electron chi connectivity index (χ4n) is 6.51. The maximum absolute atomic E-state index is 14.6. The maximum atomic E-state index is 14.6. The van der Waals surface area contributed by atoms with E-state index in [1.165, 1.54) is 14.7 Å². The first-order chi connectivity index (χ1) is 18.1. The number of amides is 3. The van der Waals surface area contributed by atoms with Crippen molar-refractivity contribution in [3.05, 3.63) is 54.1 Å². The van der Waals surface area contributed by atoms with Crippen LogP contribution in [0.15, 0.2) is 43.5 Å². The molecule has 10 heteroatoms. The van der Waals surface area contributed by atoms with Gasteiger partial charge in [0.15, 0.2) is 0 Å². The summed E-state index contributed by atoms with van der Waals surface area (Å²) >= 11 is 10.3. The number of fused-ring (bicyclic) bond motifs is 1. The highest BCUT2D eigenvalue weighted by atomic mass is 79.9. The van der Waals surface area contributed by atoms with Crippen molar-refractivity contribution in [3.8, 4) is 0 Å². The zero-order valence-electron chi connectivity index (χ0n) is 22.0. The quantitative estimate of drug-likeness (QED) is 0.325. The zero-order chi connectivity index (χ0) is 27.9. The monoisotopic (exact) mass is 607 g/mol. The Bertz CT molecular complexity index is 1120. The van der Waals surface area contributed by atoms with Gasteiger partial charge in [0.05, 0.1) is 41.3 Å². The molecule has 1 N–H and O–H groups in total. The number of aliphatic hydroxyl groups excluding tert-OH is 1. The van der Waals surface area contributed by atoms with Gasteiger partial charge in [-0.3, -0.25) is 14.4 Å².